The van der Waals surface area contributed by atoms with Gasteiger partial charge in [0, 0.05) is 5.56 Å². The predicted octanol–water partition coefficient (Wildman–Crippen LogP) is 3.86. The second kappa shape index (κ2) is 8.26. The van der Waals surface area contributed by atoms with Gasteiger partial charge in [-0.1, -0.05) is 30.0 Å². The van der Waals surface area contributed by atoms with Crippen LogP contribution in [0.2, 0.25) is 0 Å². The van der Waals surface area contributed by atoms with Gasteiger partial charge in [-0.25, -0.2) is 0 Å². The summed E-state index contributed by atoms with van der Waals surface area (Å²) in [6, 6.07) is 11.5. The summed E-state index contributed by atoms with van der Waals surface area (Å²) < 4.78 is 30.2. The highest BCUT2D eigenvalue weighted by Crippen LogP contribution is 2.24. The lowest BCUT2D eigenvalue weighted by molar-refractivity contribution is -0.0498. The van der Waals surface area contributed by atoms with E-state index in [4.69, 9.17) is 0 Å². The number of aromatic nitrogens is 4. The van der Waals surface area contributed by atoms with Crippen LogP contribution in [0.5, 0.6) is 5.75 Å². The number of hydrogen-bond acceptors (Lipinski definition) is 6. The number of ether oxygens (including phenoxy) is 1. The zero-order valence-electron chi connectivity index (χ0n) is 14.6. The van der Waals surface area contributed by atoms with Gasteiger partial charge in [-0.05, 0) is 59.7 Å². The standard InChI is InChI=1S/C18H16F2N4O2S/c1-11-4-3-5-12(2)16(11)24-18(21-22-23-24)27-10-15(25)13-6-8-14(9-7-13)26-17(19)20/h3-9,17H,10H2,1-2H3. The second-order valence-electron chi connectivity index (χ2n) is 5.73. The molecule has 140 valence electrons. The van der Waals surface area contributed by atoms with Gasteiger partial charge >= 0.3 is 6.61 Å². The SMILES string of the molecule is Cc1cccc(C)c1-n1nnnc1SCC(=O)c1ccc(OC(F)F)cc1. The van der Waals surface area contributed by atoms with E-state index in [2.05, 4.69) is 20.3 Å². The van der Waals surface area contributed by atoms with Crippen molar-refractivity contribution in [2.24, 2.45) is 0 Å². The number of carbonyl (C=O) groups excluding carboxylic acids is 1. The Balaban J connectivity index is 1.71. The number of carbonyl (C=O) groups is 1. The molecule has 2 aromatic carbocycles. The molecule has 6 nitrogen and oxygen atoms in total. The van der Waals surface area contributed by atoms with Gasteiger partial charge in [0.2, 0.25) is 5.16 Å². The lowest BCUT2D eigenvalue weighted by Gasteiger charge is -2.10. The van der Waals surface area contributed by atoms with E-state index in [-0.39, 0.29) is 17.3 Å². The maximum atomic E-state index is 12.4. The lowest BCUT2D eigenvalue weighted by Crippen LogP contribution is -2.07. The first kappa shape index (κ1) is 19.0. The molecule has 0 N–H and O–H groups in total. The number of aryl methyl sites for hydroxylation is 2. The van der Waals surface area contributed by atoms with Crippen molar-refractivity contribution in [1.82, 2.24) is 20.2 Å². The van der Waals surface area contributed by atoms with Crippen molar-refractivity contribution in [3.63, 3.8) is 0 Å². The van der Waals surface area contributed by atoms with Gasteiger partial charge in [-0.2, -0.15) is 13.5 Å². The van der Waals surface area contributed by atoms with Gasteiger partial charge in [0.25, 0.3) is 0 Å². The highest BCUT2D eigenvalue weighted by atomic mass is 32.2. The molecule has 0 amide bonds. The Morgan fingerprint density at radius 2 is 1.81 bits per heavy atom. The molecule has 27 heavy (non-hydrogen) atoms. The van der Waals surface area contributed by atoms with E-state index in [1.165, 1.54) is 36.0 Å². The largest absolute Gasteiger partial charge is 0.435 e. The van der Waals surface area contributed by atoms with E-state index in [1.807, 2.05) is 32.0 Å². The Labute approximate surface area is 158 Å². The van der Waals surface area contributed by atoms with Crippen LogP contribution >= 0.6 is 11.8 Å². The summed E-state index contributed by atoms with van der Waals surface area (Å²) >= 11 is 1.21. The molecule has 0 aliphatic heterocycles. The van der Waals surface area contributed by atoms with Gasteiger partial charge in [-0.15, -0.1) is 5.10 Å². The average molecular weight is 390 g/mol. The van der Waals surface area contributed by atoms with Gasteiger partial charge in [0.1, 0.15) is 5.75 Å². The van der Waals surface area contributed by atoms with Crippen molar-refractivity contribution < 1.29 is 18.3 Å². The fourth-order valence-corrected chi connectivity index (χ4v) is 3.36. The normalized spacial score (nSPS) is 11.0. The van der Waals surface area contributed by atoms with Crippen molar-refractivity contribution in [3.05, 3.63) is 59.2 Å². The number of para-hydroxylation sites is 1. The predicted molar refractivity (Wildman–Crippen MR) is 96.8 cm³/mol. The van der Waals surface area contributed by atoms with Crippen LogP contribution in [0.3, 0.4) is 0 Å². The van der Waals surface area contributed by atoms with Crippen LogP contribution in [-0.2, 0) is 0 Å². The first-order valence-electron chi connectivity index (χ1n) is 8.01. The number of thioether (sulfide) groups is 1. The van der Waals surface area contributed by atoms with Crippen LogP contribution in [0.25, 0.3) is 5.69 Å². The lowest BCUT2D eigenvalue weighted by atomic mass is 10.1. The third-order valence-electron chi connectivity index (χ3n) is 3.83. The summed E-state index contributed by atoms with van der Waals surface area (Å²) in [5, 5.41) is 12.2. The van der Waals surface area contributed by atoms with E-state index in [0.717, 1.165) is 16.8 Å². The Bertz CT molecular complexity index is 925. The topological polar surface area (TPSA) is 69.9 Å². The van der Waals surface area contributed by atoms with Gasteiger partial charge in [0.15, 0.2) is 5.78 Å². The van der Waals surface area contributed by atoms with Gasteiger partial charge < -0.3 is 4.74 Å². The number of benzene rings is 2. The molecular formula is C18H16F2N4O2S. The first-order valence-corrected chi connectivity index (χ1v) is 9.00. The highest BCUT2D eigenvalue weighted by molar-refractivity contribution is 7.99. The van der Waals surface area contributed by atoms with Crippen LogP contribution in [0.1, 0.15) is 21.5 Å². The van der Waals surface area contributed by atoms with E-state index >= 15 is 0 Å². The van der Waals surface area contributed by atoms with Gasteiger partial charge in [0.05, 0.1) is 11.4 Å². The van der Waals surface area contributed by atoms with E-state index in [0.29, 0.717) is 10.7 Å². The number of alkyl halides is 2. The highest BCUT2D eigenvalue weighted by Gasteiger charge is 2.15. The monoisotopic (exact) mass is 390 g/mol. The maximum absolute atomic E-state index is 12.4. The Morgan fingerprint density at radius 1 is 1.15 bits per heavy atom. The summed E-state index contributed by atoms with van der Waals surface area (Å²) in [4.78, 5) is 12.4. The minimum absolute atomic E-state index is 0.00757. The molecule has 0 saturated carbocycles. The third-order valence-corrected chi connectivity index (χ3v) is 4.75. The fourth-order valence-electron chi connectivity index (χ4n) is 2.58. The van der Waals surface area contributed by atoms with Crippen molar-refractivity contribution in [1.29, 1.82) is 0 Å². The number of halogens is 2. The number of nitrogens with zero attached hydrogens (tertiary/aromatic N) is 4. The Kier molecular flexibility index (Phi) is 5.80. The molecule has 0 aliphatic carbocycles. The smallest absolute Gasteiger partial charge is 0.387 e. The molecule has 0 unspecified atom stereocenters. The molecule has 0 spiro atoms. The number of tetrazole rings is 1. The maximum Gasteiger partial charge on any atom is 0.387 e. The molecule has 9 heteroatoms. The number of hydrogen-bond donors (Lipinski definition) is 0. The fraction of sp³-hybridized carbons (Fsp3) is 0.222. The van der Waals surface area contributed by atoms with E-state index < -0.39 is 6.61 Å². The van der Waals surface area contributed by atoms with E-state index in [1.54, 1.807) is 4.68 Å². The van der Waals surface area contributed by atoms with Crippen LogP contribution in [0, 0.1) is 13.8 Å². The van der Waals surface area contributed by atoms with Crippen LogP contribution in [0.4, 0.5) is 8.78 Å². The zero-order valence-corrected chi connectivity index (χ0v) is 15.4. The van der Waals surface area contributed by atoms with Crippen molar-refractivity contribution >= 4 is 17.5 Å². The van der Waals surface area contributed by atoms with Crippen molar-refractivity contribution in [3.8, 4) is 11.4 Å². The molecule has 0 atom stereocenters. The average Bonchev–Trinajstić information content (AvgIpc) is 3.08. The summed E-state index contributed by atoms with van der Waals surface area (Å²) in [7, 11) is 0. The summed E-state index contributed by atoms with van der Waals surface area (Å²) in [5.41, 5.74) is 3.32. The number of ketones is 1. The summed E-state index contributed by atoms with van der Waals surface area (Å²) in [5.74, 6) is -0.0480. The molecule has 0 aliphatic rings. The molecular weight excluding hydrogens is 374 g/mol. The molecule has 0 radical (unpaired) electrons. The number of Topliss-reactive ketones (excluding diaryl/α,β-unsaturated/α-hetero) is 1. The Morgan fingerprint density at radius 3 is 2.44 bits per heavy atom. The summed E-state index contributed by atoms with van der Waals surface area (Å²) in [6.45, 7) is 1.03. The molecule has 1 heterocycles. The van der Waals surface area contributed by atoms with Crippen molar-refractivity contribution in [2.75, 3.05) is 5.75 Å². The van der Waals surface area contributed by atoms with Crippen molar-refractivity contribution in [2.45, 2.75) is 25.6 Å². The molecule has 1 aromatic heterocycles. The first-order chi connectivity index (χ1) is 13.0. The minimum Gasteiger partial charge on any atom is -0.435 e. The molecule has 0 fully saturated rings. The minimum atomic E-state index is -2.90. The molecule has 0 bridgehead atoms. The Hall–Kier alpha value is -2.81. The number of rotatable bonds is 7. The zero-order chi connectivity index (χ0) is 19.4. The molecule has 3 rings (SSSR count). The molecule has 0 saturated heterocycles. The summed E-state index contributed by atoms with van der Waals surface area (Å²) in [6.07, 6.45) is 0. The third kappa shape index (κ3) is 4.48. The quantitative estimate of drug-likeness (QED) is 0.451. The van der Waals surface area contributed by atoms with Crippen LogP contribution < -0.4 is 4.74 Å². The van der Waals surface area contributed by atoms with Gasteiger partial charge in [-0.3, -0.25) is 4.79 Å². The van der Waals surface area contributed by atoms with Crippen LogP contribution in [0.15, 0.2) is 47.6 Å². The second-order valence-corrected chi connectivity index (χ2v) is 6.67. The van der Waals surface area contributed by atoms with E-state index in [9.17, 15) is 13.6 Å². The van der Waals surface area contributed by atoms with Crippen LogP contribution in [-0.4, -0.2) is 38.4 Å². The molecule has 3 aromatic rings.